The van der Waals surface area contributed by atoms with E-state index < -0.39 is 14.4 Å². The summed E-state index contributed by atoms with van der Waals surface area (Å²) in [7, 11) is -3.33. The quantitative estimate of drug-likeness (QED) is 0.531. The molecule has 8 heteroatoms. The van der Waals surface area contributed by atoms with Gasteiger partial charge in [0.1, 0.15) is 0 Å². The summed E-state index contributed by atoms with van der Waals surface area (Å²) in [4.78, 5) is 0. The Kier molecular flexibility index (Phi) is 4.99. The molecule has 2 nitrogen and oxygen atoms in total. The van der Waals surface area contributed by atoms with Gasteiger partial charge in [0.25, 0.3) is 0 Å². The Hall–Kier alpha value is 2.35. The summed E-state index contributed by atoms with van der Waals surface area (Å²) in [6, 6.07) is 0. The fraction of sp³-hybridized carbons (Fsp3) is 1.00. The molecule has 0 N–H and O–H groups in total. The van der Waals surface area contributed by atoms with E-state index in [1.165, 1.54) is 0 Å². The Morgan fingerprint density at radius 3 is 1.40 bits per heavy atom. The van der Waals surface area contributed by atoms with Gasteiger partial charge in [0.2, 0.25) is 11.3 Å². The molecule has 0 spiro atoms. The molecule has 0 fully saturated rings. The van der Waals surface area contributed by atoms with Crippen molar-refractivity contribution in [3.63, 3.8) is 0 Å². The van der Waals surface area contributed by atoms with Gasteiger partial charge in [-0.25, -0.2) is 8.42 Å². The van der Waals surface area contributed by atoms with E-state index in [4.69, 9.17) is 0 Å². The topological polar surface area (TPSA) is 34.1 Å². The molecule has 0 rings (SSSR count). The van der Waals surface area contributed by atoms with Gasteiger partial charge in [0.05, 0.1) is 0 Å². The van der Waals surface area contributed by atoms with E-state index in [1.54, 1.807) is 0 Å². The van der Waals surface area contributed by atoms with E-state index in [0.717, 1.165) is 0 Å². The normalized spacial score (nSPS) is 14.2. The zero-order valence-electron chi connectivity index (χ0n) is 4.19. The van der Waals surface area contributed by atoms with E-state index >= 15 is 0 Å². The highest BCUT2D eigenvalue weighted by Gasteiger charge is 2.40. The molecule has 0 bridgehead atoms. The fourth-order valence-corrected chi connectivity index (χ4v) is 8.18. The van der Waals surface area contributed by atoms with Crippen molar-refractivity contribution in [1.82, 2.24) is 0 Å². The van der Waals surface area contributed by atoms with Crippen LogP contribution in [0.4, 0.5) is 0 Å². The second kappa shape index (κ2) is 4.04. The maximum Gasteiger partial charge on any atom is 0.236 e. The van der Waals surface area contributed by atoms with Crippen LogP contribution in [0.15, 0.2) is 0 Å². The van der Waals surface area contributed by atoms with Gasteiger partial charge in [-0.1, -0.05) is 31.9 Å². The Morgan fingerprint density at radius 1 is 1.10 bits per heavy atom. The minimum Gasteiger partial charge on any atom is -0.223 e. The molecular formula is C2HBr5O2S. The van der Waals surface area contributed by atoms with Gasteiger partial charge in [0, 0.05) is 0 Å². The van der Waals surface area contributed by atoms with E-state index in [1.807, 2.05) is 0 Å². The first kappa shape index (κ1) is 12.3. The molecule has 0 unspecified atom stereocenters. The van der Waals surface area contributed by atoms with Crippen molar-refractivity contribution in [2.24, 2.45) is 0 Å². The summed E-state index contributed by atoms with van der Waals surface area (Å²) in [5, 5.41) is 0. The van der Waals surface area contributed by atoms with Crippen LogP contribution in [0.25, 0.3) is 0 Å². The van der Waals surface area contributed by atoms with Crippen molar-refractivity contribution < 1.29 is 8.42 Å². The average molecular weight is 489 g/mol. The van der Waals surface area contributed by atoms with Crippen LogP contribution in [0.3, 0.4) is 0 Å². The Balaban J connectivity index is 4.79. The van der Waals surface area contributed by atoms with E-state index in [0.29, 0.717) is 0 Å². The molecule has 0 aromatic carbocycles. The van der Waals surface area contributed by atoms with E-state index in [-0.39, 0.29) is 0 Å². The molecule has 0 atom stereocenters. The highest BCUT2D eigenvalue weighted by Crippen LogP contribution is 2.44. The SMILES string of the molecule is O=S(=O)(C(Br)Br)C(Br)(Br)Br. The van der Waals surface area contributed by atoms with Crippen LogP contribution in [-0.2, 0) is 9.84 Å². The lowest BCUT2D eigenvalue weighted by molar-refractivity contribution is 0.602. The molecule has 62 valence electrons. The first-order valence-electron chi connectivity index (χ1n) is 1.78. The molecule has 0 heterocycles. The van der Waals surface area contributed by atoms with Crippen molar-refractivity contribution in [3.8, 4) is 0 Å². The highest BCUT2D eigenvalue weighted by atomic mass is 80.0. The van der Waals surface area contributed by atoms with Crippen LogP contribution in [-0.4, -0.2) is 13.0 Å². The van der Waals surface area contributed by atoms with Crippen molar-refractivity contribution in [2.75, 3.05) is 0 Å². The number of sulfone groups is 1. The van der Waals surface area contributed by atoms with Crippen LogP contribution >= 0.6 is 79.6 Å². The smallest absolute Gasteiger partial charge is 0.223 e. The Bertz CT molecular complexity index is 200. The summed E-state index contributed by atoms with van der Waals surface area (Å²) in [6.07, 6.45) is 0. The molecule has 0 amide bonds. The molecular weight excluding hydrogens is 488 g/mol. The summed E-state index contributed by atoms with van der Waals surface area (Å²) >= 11 is 14.4. The maximum absolute atomic E-state index is 11.1. The monoisotopic (exact) mass is 484 g/mol. The third kappa shape index (κ3) is 3.01. The summed E-state index contributed by atoms with van der Waals surface area (Å²) in [5.74, 6) is 0. The predicted octanol–water partition coefficient (Wildman–Crippen LogP) is 3.27. The maximum atomic E-state index is 11.1. The van der Waals surface area contributed by atoms with Gasteiger partial charge in [-0.05, 0) is 47.8 Å². The molecule has 0 aromatic rings. The molecule has 0 radical (unpaired) electrons. The van der Waals surface area contributed by atoms with E-state index in [9.17, 15) is 8.42 Å². The molecule has 0 aliphatic heterocycles. The Morgan fingerprint density at radius 2 is 1.40 bits per heavy atom. The van der Waals surface area contributed by atoms with E-state index in [2.05, 4.69) is 79.6 Å². The standard InChI is InChI=1S/C2HBr5O2S/c3-1(4)10(8,9)2(5,6)7/h1H. The number of halogens is 5. The number of alkyl halides is 5. The number of hydrogen-bond acceptors (Lipinski definition) is 2. The summed E-state index contributed by atoms with van der Waals surface area (Å²) < 4.78 is 20.2. The average Bonchev–Trinajstić information content (AvgIpc) is 1.62. The number of hydrogen-bond donors (Lipinski definition) is 0. The first-order chi connectivity index (χ1) is 4.19. The second-order valence-corrected chi connectivity index (χ2v) is 16.0. The van der Waals surface area contributed by atoms with Crippen LogP contribution in [0, 0.1) is 0 Å². The molecule has 0 aliphatic rings. The first-order valence-corrected chi connectivity index (χ1v) is 7.53. The molecule has 0 saturated carbocycles. The van der Waals surface area contributed by atoms with Gasteiger partial charge >= 0.3 is 0 Å². The van der Waals surface area contributed by atoms with Crippen LogP contribution in [0.1, 0.15) is 0 Å². The van der Waals surface area contributed by atoms with Crippen molar-refractivity contribution >= 4 is 89.5 Å². The van der Waals surface area contributed by atoms with Gasteiger partial charge in [-0.15, -0.1) is 0 Å². The molecule has 0 saturated heterocycles. The Labute approximate surface area is 101 Å². The molecule has 0 aliphatic carbocycles. The van der Waals surface area contributed by atoms with Gasteiger partial charge in [0.15, 0.2) is 3.07 Å². The van der Waals surface area contributed by atoms with Gasteiger partial charge in [-0.2, -0.15) is 0 Å². The van der Waals surface area contributed by atoms with Crippen molar-refractivity contribution in [2.45, 2.75) is 4.54 Å². The largest absolute Gasteiger partial charge is 0.236 e. The van der Waals surface area contributed by atoms with Gasteiger partial charge in [-0.3, -0.25) is 0 Å². The zero-order chi connectivity index (χ0) is 8.58. The molecule has 10 heavy (non-hydrogen) atoms. The fourth-order valence-electron chi connectivity index (χ4n) is 0.101. The lowest BCUT2D eigenvalue weighted by atomic mass is 11.9. The minimum atomic E-state index is -3.33. The predicted molar refractivity (Wildman–Crippen MR) is 60.1 cm³/mol. The van der Waals surface area contributed by atoms with Crippen molar-refractivity contribution in [3.05, 3.63) is 0 Å². The van der Waals surface area contributed by atoms with Crippen molar-refractivity contribution in [1.29, 1.82) is 0 Å². The molecule has 0 aromatic heterocycles. The van der Waals surface area contributed by atoms with Crippen LogP contribution < -0.4 is 0 Å². The summed E-state index contributed by atoms with van der Waals surface area (Å²) in [6.45, 7) is 0. The zero-order valence-corrected chi connectivity index (χ0v) is 12.9. The highest BCUT2D eigenvalue weighted by molar-refractivity contribution is 9.43. The lowest BCUT2D eigenvalue weighted by Gasteiger charge is -2.13. The summed E-state index contributed by atoms with van der Waals surface area (Å²) in [5.41, 5.74) is 0. The van der Waals surface area contributed by atoms with Crippen LogP contribution in [0.2, 0.25) is 0 Å². The third-order valence-electron chi connectivity index (χ3n) is 0.557. The second-order valence-electron chi connectivity index (χ2n) is 1.25. The van der Waals surface area contributed by atoms with Crippen LogP contribution in [0.5, 0.6) is 0 Å². The number of rotatable bonds is 1. The van der Waals surface area contributed by atoms with Gasteiger partial charge < -0.3 is 0 Å². The third-order valence-corrected chi connectivity index (χ3v) is 8.69. The lowest BCUT2D eigenvalue weighted by Crippen LogP contribution is -2.22. The minimum absolute atomic E-state index is 0.786.